The van der Waals surface area contributed by atoms with Gasteiger partial charge in [0.25, 0.3) is 0 Å². The number of thiazole rings is 1. The molecule has 0 radical (unpaired) electrons. The number of nitrogens with one attached hydrogen (secondary N) is 1. The van der Waals surface area contributed by atoms with Crippen LogP contribution in [-0.2, 0) is 12.8 Å². The van der Waals surface area contributed by atoms with Gasteiger partial charge in [-0.3, -0.25) is 4.98 Å². The van der Waals surface area contributed by atoms with Crippen LogP contribution < -0.4 is 5.32 Å². The molecule has 100 valence electrons. The van der Waals surface area contributed by atoms with Gasteiger partial charge in [-0.15, -0.1) is 11.3 Å². The van der Waals surface area contributed by atoms with E-state index in [2.05, 4.69) is 23.3 Å². The third-order valence-corrected chi connectivity index (χ3v) is 5.06. The van der Waals surface area contributed by atoms with E-state index < -0.39 is 0 Å². The van der Waals surface area contributed by atoms with E-state index in [0.29, 0.717) is 6.04 Å². The molecule has 2 heterocycles. The second kappa shape index (κ2) is 5.39. The summed E-state index contributed by atoms with van der Waals surface area (Å²) in [5.41, 5.74) is 3.84. The Kier molecular flexibility index (Phi) is 3.62. The molecule has 0 spiro atoms. The van der Waals surface area contributed by atoms with Crippen LogP contribution in [0.3, 0.4) is 0 Å². The minimum atomic E-state index is 0.488. The zero-order chi connectivity index (χ0) is 13.2. The molecule has 0 bridgehead atoms. The van der Waals surface area contributed by atoms with Gasteiger partial charge in [0.05, 0.1) is 5.69 Å². The van der Waals surface area contributed by atoms with Gasteiger partial charge in [0.2, 0.25) is 0 Å². The lowest BCUT2D eigenvalue weighted by atomic mass is 9.98. The van der Waals surface area contributed by atoms with Crippen molar-refractivity contribution in [3.63, 3.8) is 0 Å². The zero-order valence-corrected chi connectivity index (χ0v) is 12.3. The lowest BCUT2D eigenvalue weighted by Gasteiger charge is -2.19. The van der Waals surface area contributed by atoms with Crippen LogP contribution in [0.4, 0.5) is 0 Å². The molecular formula is C15H19N3S. The summed E-state index contributed by atoms with van der Waals surface area (Å²) < 4.78 is 0. The topological polar surface area (TPSA) is 37.8 Å². The predicted octanol–water partition coefficient (Wildman–Crippen LogP) is 3.36. The van der Waals surface area contributed by atoms with Crippen LogP contribution in [0.1, 0.15) is 41.9 Å². The molecule has 1 aliphatic carbocycles. The Balaban J connectivity index is 2.05. The minimum Gasteiger partial charge on any atom is -0.312 e. The summed E-state index contributed by atoms with van der Waals surface area (Å²) in [6.45, 7) is 2.17. The summed E-state index contributed by atoms with van der Waals surface area (Å²) in [5, 5.41) is 4.57. The summed E-state index contributed by atoms with van der Waals surface area (Å²) in [4.78, 5) is 10.5. The first-order valence-corrected chi connectivity index (χ1v) is 7.75. The van der Waals surface area contributed by atoms with E-state index in [1.165, 1.54) is 34.5 Å². The summed E-state index contributed by atoms with van der Waals surface area (Å²) in [6.07, 6.45) is 8.41. The molecule has 2 aromatic rings. The van der Waals surface area contributed by atoms with Gasteiger partial charge in [0.1, 0.15) is 5.01 Å². The smallest absolute Gasteiger partial charge is 0.124 e. The number of aromatic nitrogens is 2. The Morgan fingerprint density at radius 1 is 1.47 bits per heavy atom. The maximum atomic E-state index is 4.88. The number of hydrogen-bond acceptors (Lipinski definition) is 4. The molecule has 3 rings (SSSR count). The van der Waals surface area contributed by atoms with E-state index in [-0.39, 0.29) is 0 Å². The number of rotatable bonds is 3. The van der Waals surface area contributed by atoms with Crippen molar-refractivity contribution in [1.82, 2.24) is 15.3 Å². The maximum Gasteiger partial charge on any atom is 0.124 e. The van der Waals surface area contributed by atoms with Gasteiger partial charge in [0, 0.05) is 28.9 Å². The van der Waals surface area contributed by atoms with Crippen molar-refractivity contribution < 1.29 is 0 Å². The van der Waals surface area contributed by atoms with Crippen LogP contribution in [0.2, 0.25) is 0 Å². The zero-order valence-electron chi connectivity index (χ0n) is 11.4. The van der Waals surface area contributed by atoms with Gasteiger partial charge in [-0.2, -0.15) is 0 Å². The fourth-order valence-electron chi connectivity index (χ4n) is 2.73. The lowest BCUT2D eigenvalue weighted by molar-refractivity contribution is 0.501. The van der Waals surface area contributed by atoms with Gasteiger partial charge < -0.3 is 5.32 Å². The Labute approximate surface area is 118 Å². The molecule has 1 atom stereocenters. The molecule has 1 unspecified atom stereocenters. The molecule has 0 aromatic carbocycles. The van der Waals surface area contributed by atoms with E-state index >= 15 is 0 Å². The molecule has 0 amide bonds. The van der Waals surface area contributed by atoms with Gasteiger partial charge >= 0.3 is 0 Å². The number of nitrogens with zero attached hydrogens (tertiary/aromatic N) is 2. The highest BCUT2D eigenvalue weighted by Crippen LogP contribution is 2.38. The SMILES string of the molecule is CCc1cnccc1-c1nc2c(s1)C(NC)CCC2. The normalized spacial score (nSPS) is 18.3. The van der Waals surface area contributed by atoms with E-state index in [1.54, 1.807) is 0 Å². The molecule has 0 aliphatic heterocycles. The molecular weight excluding hydrogens is 254 g/mol. The Hall–Kier alpha value is -1.26. The number of pyridine rings is 1. The summed E-state index contributed by atoms with van der Waals surface area (Å²) in [6, 6.07) is 2.58. The molecule has 2 aromatic heterocycles. The fourth-order valence-corrected chi connectivity index (χ4v) is 4.04. The van der Waals surface area contributed by atoms with Crippen LogP contribution >= 0.6 is 11.3 Å². The third kappa shape index (κ3) is 2.30. The lowest BCUT2D eigenvalue weighted by Crippen LogP contribution is -2.19. The van der Waals surface area contributed by atoms with Crippen molar-refractivity contribution in [2.45, 2.75) is 38.6 Å². The average Bonchev–Trinajstić information content (AvgIpc) is 2.90. The highest BCUT2D eigenvalue weighted by atomic mass is 32.1. The Morgan fingerprint density at radius 3 is 3.16 bits per heavy atom. The molecule has 0 saturated heterocycles. The first kappa shape index (κ1) is 12.8. The average molecular weight is 273 g/mol. The van der Waals surface area contributed by atoms with Gasteiger partial charge in [-0.25, -0.2) is 4.98 Å². The third-order valence-electron chi connectivity index (χ3n) is 3.81. The van der Waals surface area contributed by atoms with E-state index in [0.717, 1.165) is 17.8 Å². The van der Waals surface area contributed by atoms with Crippen molar-refractivity contribution in [3.8, 4) is 10.6 Å². The predicted molar refractivity (Wildman–Crippen MR) is 79.5 cm³/mol. The molecule has 1 N–H and O–H groups in total. The maximum absolute atomic E-state index is 4.88. The molecule has 0 saturated carbocycles. The van der Waals surface area contributed by atoms with E-state index in [9.17, 15) is 0 Å². The van der Waals surface area contributed by atoms with Crippen molar-refractivity contribution >= 4 is 11.3 Å². The summed E-state index contributed by atoms with van der Waals surface area (Å²) in [7, 11) is 2.04. The fraction of sp³-hybridized carbons (Fsp3) is 0.467. The van der Waals surface area contributed by atoms with E-state index in [4.69, 9.17) is 4.98 Å². The number of hydrogen-bond donors (Lipinski definition) is 1. The second-order valence-corrected chi connectivity index (χ2v) is 5.98. The van der Waals surface area contributed by atoms with Crippen LogP contribution in [0.25, 0.3) is 10.6 Å². The number of fused-ring (bicyclic) bond motifs is 1. The first-order valence-electron chi connectivity index (χ1n) is 6.93. The van der Waals surface area contributed by atoms with Crippen molar-refractivity contribution in [2.75, 3.05) is 7.05 Å². The molecule has 0 fully saturated rings. The molecule has 4 heteroatoms. The van der Waals surface area contributed by atoms with Gasteiger partial charge in [0.15, 0.2) is 0 Å². The van der Waals surface area contributed by atoms with Gasteiger partial charge in [-0.05, 0) is 44.4 Å². The second-order valence-electron chi connectivity index (χ2n) is 4.95. The largest absolute Gasteiger partial charge is 0.312 e. The first-order chi connectivity index (χ1) is 9.33. The van der Waals surface area contributed by atoms with Crippen LogP contribution in [0, 0.1) is 0 Å². The van der Waals surface area contributed by atoms with Gasteiger partial charge in [-0.1, -0.05) is 6.92 Å². The van der Waals surface area contributed by atoms with Crippen LogP contribution in [0.5, 0.6) is 0 Å². The molecule has 3 nitrogen and oxygen atoms in total. The van der Waals surface area contributed by atoms with Crippen LogP contribution in [0.15, 0.2) is 18.5 Å². The Bertz CT molecular complexity index is 577. The van der Waals surface area contributed by atoms with Crippen LogP contribution in [-0.4, -0.2) is 17.0 Å². The molecule has 19 heavy (non-hydrogen) atoms. The van der Waals surface area contributed by atoms with E-state index in [1.807, 2.05) is 30.8 Å². The highest BCUT2D eigenvalue weighted by Gasteiger charge is 2.24. The Morgan fingerprint density at radius 2 is 2.37 bits per heavy atom. The van der Waals surface area contributed by atoms with Crippen molar-refractivity contribution in [1.29, 1.82) is 0 Å². The quantitative estimate of drug-likeness (QED) is 0.931. The monoisotopic (exact) mass is 273 g/mol. The standard InChI is InChI=1S/C15H19N3S/c1-3-10-9-17-8-7-11(10)15-18-13-6-4-5-12(16-2)14(13)19-15/h7-9,12,16H,3-6H2,1-2H3. The highest BCUT2D eigenvalue weighted by molar-refractivity contribution is 7.15. The summed E-state index contributed by atoms with van der Waals surface area (Å²) in [5.74, 6) is 0. The minimum absolute atomic E-state index is 0.488. The molecule has 1 aliphatic rings. The van der Waals surface area contributed by atoms with Crippen molar-refractivity contribution in [2.24, 2.45) is 0 Å². The summed E-state index contributed by atoms with van der Waals surface area (Å²) >= 11 is 1.85. The van der Waals surface area contributed by atoms with Crippen molar-refractivity contribution in [3.05, 3.63) is 34.6 Å². The number of aryl methyl sites for hydroxylation is 2.